The number of carbonyl (C=O) groups excluding carboxylic acids is 1. The zero-order chi connectivity index (χ0) is 17.3. The summed E-state index contributed by atoms with van der Waals surface area (Å²) in [4.78, 5) is 16.1. The molecule has 0 aliphatic carbocycles. The second kappa shape index (κ2) is 5.93. The van der Waals surface area contributed by atoms with Crippen molar-refractivity contribution in [2.75, 3.05) is 12.8 Å². The summed E-state index contributed by atoms with van der Waals surface area (Å²) in [6.07, 6.45) is 5.03. The number of ether oxygens (including phenoxy) is 1. The van der Waals surface area contributed by atoms with Crippen LogP contribution in [0.5, 0.6) is 0 Å². The smallest absolute Gasteiger partial charge is 0.357 e. The van der Waals surface area contributed by atoms with Crippen LogP contribution in [-0.2, 0) is 11.8 Å². The first-order chi connectivity index (χ1) is 11.6. The van der Waals surface area contributed by atoms with E-state index < -0.39 is 5.97 Å². The topological polar surface area (TPSA) is 98.9 Å². The van der Waals surface area contributed by atoms with E-state index in [1.54, 1.807) is 17.1 Å². The molecule has 0 bridgehead atoms. The quantitative estimate of drug-likeness (QED) is 0.745. The molecule has 24 heavy (non-hydrogen) atoms. The maximum absolute atomic E-state index is 12.0. The Morgan fingerprint density at radius 3 is 2.58 bits per heavy atom. The van der Waals surface area contributed by atoms with Crippen molar-refractivity contribution in [2.45, 2.75) is 0 Å². The molecule has 2 heterocycles. The van der Waals surface area contributed by atoms with Crippen LogP contribution in [0.3, 0.4) is 0 Å². The van der Waals surface area contributed by atoms with Crippen molar-refractivity contribution in [3.8, 4) is 23.0 Å². The molecule has 3 aromatic rings. The Hall–Kier alpha value is -3.53. The number of esters is 1. The van der Waals surface area contributed by atoms with Crippen LogP contribution in [0.15, 0.2) is 43.0 Å². The summed E-state index contributed by atoms with van der Waals surface area (Å²) in [6, 6.07) is 9.49. The van der Waals surface area contributed by atoms with Gasteiger partial charge in [0.1, 0.15) is 6.07 Å². The van der Waals surface area contributed by atoms with Gasteiger partial charge in [0, 0.05) is 18.9 Å². The van der Waals surface area contributed by atoms with E-state index in [0.29, 0.717) is 5.69 Å². The summed E-state index contributed by atoms with van der Waals surface area (Å²) in [5.41, 5.74) is 9.04. The van der Waals surface area contributed by atoms with Crippen molar-refractivity contribution in [3.63, 3.8) is 0 Å². The minimum atomic E-state index is -0.593. The van der Waals surface area contributed by atoms with E-state index in [2.05, 4.69) is 4.98 Å². The number of anilines is 1. The standard InChI is InChI=1S/C17H15N5O2/c1-21-10-20-8-14(21)11-3-5-13(6-4-11)22-9-12(7-18)15(19)16(22)17(23)24-2/h3-6,8-10H,19H2,1-2H3. The van der Waals surface area contributed by atoms with Crippen molar-refractivity contribution in [3.05, 3.63) is 54.2 Å². The van der Waals surface area contributed by atoms with Gasteiger partial charge in [0.05, 0.1) is 36.6 Å². The largest absolute Gasteiger partial charge is 0.464 e. The van der Waals surface area contributed by atoms with E-state index in [0.717, 1.165) is 11.3 Å². The molecule has 0 aliphatic rings. The molecule has 7 heteroatoms. The van der Waals surface area contributed by atoms with Gasteiger partial charge >= 0.3 is 5.97 Å². The minimum Gasteiger partial charge on any atom is -0.464 e. The number of nitrogens with two attached hydrogens (primary N) is 1. The Labute approximate surface area is 138 Å². The number of nitrogen functional groups attached to an aromatic ring is 1. The van der Waals surface area contributed by atoms with Crippen LogP contribution in [0.4, 0.5) is 5.69 Å². The van der Waals surface area contributed by atoms with Gasteiger partial charge in [-0.25, -0.2) is 9.78 Å². The van der Waals surface area contributed by atoms with Gasteiger partial charge < -0.3 is 19.6 Å². The molecular weight excluding hydrogens is 306 g/mol. The first kappa shape index (κ1) is 15.4. The molecule has 0 radical (unpaired) electrons. The number of carbonyl (C=O) groups is 1. The Kier molecular flexibility index (Phi) is 3.80. The van der Waals surface area contributed by atoms with Crippen LogP contribution in [-0.4, -0.2) is 27.2 Å². The summed E-state index contributed by atoms with van der Waals surface area (Å²) in [6.45, 7) is 0. The number of aromatic nitrogens is 3. The van der Waals surface area contributed by atoms with E-state index in [-0.39, 0.29) is 16.9 Å². The first-order valence-electron chi connectivity index (χ1n) is 7.13. The third-order valence-electron chi connectivity index (χ3n) is 3.80. The third kappa shape index (κ3) is 2.40. The first-order valence-corrected chi connectivity index (χ1v) is 7.13. The van der Waals surface area contributed by atoms with Gasteiger partial charge in [0.15, 0.2) is 5.69 Å². The maximum Gasteiger partial charge on any atom is 0.357 e. The van der Waals surface area contributed by atoms with E-state index in [1.807, 2.05) is 41.9 Å². The molecule has 2 N–H and O–H groups in total. The van der Waals surface area contributed by atoms with Gasteiger partial charge in [-0.2, -0.15) is 5.26 Å². The molecule has 0 spiro atoms. The summed E-state index contributed by atoms with van der Waals surface area (Å²) in [5.74, 6) is -0.593. The molecule has 0 aliphatic heterocycles. The zero-order valence-corrected chi connectivity index (χ0v) is 13.2. The molecule has 0 amide bonds. The highest BCUT2D eigenvalue weighted by molar-refractivity contribution is 5.96. The average Bonchev–Trinajstić information content (AvgIpc) is 3.17. The van der Waals surface area contributed by atoms with Crippen molar-refractivity contribution in [1.29, 1.82) is 5.26 Å². The highest BCUT2D eigenvalue weighted by Gasteiger charge is 2.21. The second-order valence-electron chi connectivity index (χ2n) is 5.22. The van der Waals surface area contributed by atoms with Crippen molar-refractivity contribution in [1.82, 2.24) is 14.1 Å². The molecule has 7 nitrogen and oxygen atoms in total. The van der Waals surface area contributed by atoms with Crippen molar-refractivity contribution >= 4 is 11.7 Å². The molecule has 0 saturated carbocycles. The lowest BCUT2D eigenvalue weighted by molar-refractivity contribution is 0.0593. The number of hydrogen-bond acceptors (Lipinski definition) is 5. The lowest BCUT2D eigenvalue weighted by atomic mass is 10.1. The van der Waals surface area contributed by atoms with E-state index in [1.165, 1.54) is 13.3 Å². The van der Waals surface area contributed by atoms with Gasteiger partial charge in [-0.1, -0.05) is 12.1 Å². The normalized spacial score (nSPS) is 10.4. The lowest BCUT2D eigenvalue weighted by Gasteiger charge is -2.09. The molecule has 0 fully saturated rings. The van der Waals surface area contributed by atoms with Crippen LogP contribution < -0.4 is 5.73 Å². The maximum atomic E-state index is 12.0. The van der Waals surface area contributed by atoms with Crippen LogP contribution in [0.1, 0.15) is 16.1 Å². The molecule has 0 atom stereocenters. The Balaban J connectivity index is 2.08. The number of hydrogen-bond donors (Lipinski definition) is 1. The van der Waals surface area contributed by atoms with Gasteiger partial charge in [-0.3, -0.25) is 0 Å². The number of benzene rings is 1. The minimum absolute atomic E-state index is 0.111. The number of nitrogens with zero attached hydrogens (tertiary/aromatic N) is 4. The molecule has 1 aromatic carbocycles. The molecule has 120 valence electrons. The van der Waals surface area contributed by atoms with Gasteiger partial charge in [0.2, 0.25) is 0 Å². The second-order valence-corrected chi connectivity index (χ2v) is 5.22. The number of nitriles is 1. The summed E-state index contributed by atoms with van der Waals surface area (Å²) < 4.78 is 8.25. The number of rotatable bonds is 3. The lowest BCUT2D eigenvalue weighted by Crippen LogP contribution is -2.11. The van der Waals surface area contributed by atoms with Crippen molar-refractivity contribution in [2.24, 2.45) is 7.05 Å². The van der Waals surface area contributed by atoms with Crippen LogP contribution in [0, 0.1) is 11.3 Å². The van der Waals surface area contributed by atoms with Gasteiger partial charge in [-0.05, 0) is 17.7 Å². The summed E-state index contributed by atoms with van der Waals surface area (Å²) in [7, 11) is 3.19. The zero-order valence-electron chi connectivity index (χ0n) is 13.2. The molecular formula is C17H15N5O2. The Morgan fingerprint density at radius 2 is 2.04 bits per heavy atom. The number of aryl methyl sites for hydroxylation is 1. The van der Waals surface area contributed by atoms with E-state index >= 15 is 0 Å². The van der Waals surface area contributed by atoms with E-state index in [9.17, 15) is 4.79 Å². The molecule has 3 rings (SSSR count). The molecule has 2 aromatic heterocycles. The Bertz CT molecular complexity index is 945. The fourth-order valence-electron chi connectivity index (χ4n) is 2.55. The fraction of sp³-hybridized carbons (Fsp3) is 0.118. The molecule has 0 saturated heterocycles. The van der Waals surface area contributed by atoms with E-state index in [4.69, 9.17) is 15.7 Å². The monoisotopic (exact) mass is 321 g/mol. The van der Waals surface area contributed by atoms with Crippen LogP contribution >= 0.6 is 0 Å². The summed E-state index contributed by atoms with van der Waals surface area (Å²) in [5, 5.41) is 9.15. The molecule has 0 unspecified atom stereocenters. The third-order valence-corrected chi connectivity index (χ3v) is 3.80. The summed E-state index contributed by atoms with van der Waals surface area (Å²) >= 11 is 0. The predicted octanol–water partition coefficient (Wildman–Crippen LogP) is 2.12. The number of methoxy groups -OCH3 is 1. The van der Waals surface area contributed by atoms with Crippen molar-refractivity contribution < 1.29 is 9.53 Å². The highest BCUT2D eigenvalue weighted by atomic mass is 16.5. The van der Waals surface area contributed by atoms with Crippen LogP contribution in [0.25, 0.3) is 16.9 Å². The Morgan fingerprint density at radius 1 is 1.33 bits per heavy atom. The highest BCUT2D eigenvalue weighted by Crippen LogP contribution is 2.26. The SMILES string of the molecule is COC(=O)c1c(N)c(C#N)cn1-c1ccc(-c2cncn2C)cc1. The van der Waals surface area contributed by atoms with Gasteiger partial charge in [-0.15, -0.1) is 0 Å². The van der Waals surface area contributed by atoms with Crippen LogP contribution in [0.2, 0.25) is 0 Å². The average molecular weight is 321 g/mol. The number of imidazole rings is 1. The fourth-order valence-corrected chi connectivity index (χ4v) is 2.55. The van der Waals surface area contributed by atoms with Gasteiger partial charge in [0.25, 0.3) is 0 Å². The predicted molar refractivity (Wildman–Crippen MR) is 88.4 cm³/mol.